The molecular formula is C25H25N3O3. The van der Waals surface area contributed by atoms with Crippen LogP contribution in [0, 0.1) is 0 Å². The molecule has 3 aromatic rings. The summed E-state index contributed by atoms with van der Waals surface area (Å²) in [6, 6.07) is 24.4. The average Bonchev–Trinajstić information content (AvgIpc) is 2.84. The van der Waals surface area contributed by atoms with Crippen LogP contribution in [-0.2, 0) is 22.5 Å². The number of carbonyl (C=O) groups excluding carboxylic acids is 2. The SMILES string of the molecule is O=C(c1ccccc1)N1CCO[C@@](Cc2ccccn2)(C(=O)NCc2ccccc2)C1. The fourth-order valence-electron chi connectivity index (χ4n) is 3.78. The summed E-state index contributed by atoms with van der Waals surface area (Å²) in [6.07, 6.45) is 1.98. The molecule has 31 heavy (non-hydrogen) atoms. The monoisotopic (exact) mass is 415 g/mol. The van der Waals surface area contributed by atoms with Crippen molar-refractivity contribution in [2.75, 3.05) is 19.7 Å². The molecule has 0 radical (unpaired) electrons. The van der Waals surface area contributed by atoms with Crippen molar-refractivity contribution < 1.29 is 14.3 Å². The third kappa shape index (κ3) is 4.98. The van der Waals surface area contributed by atoms with Crippen LogP contribution in [-0.4, -0.2) is 47.0 Å². The molecule has 1 N–H and O–H groups in total. The Hall–Kier alpha value is -3.51. The third-order valence-electron chi connectivity index (χ3n) is 5.40. The molecule has 1 saturated heterocycles. The second-order valence-corrected chi connectivity index (χ2v) is 7.60. The molecule has 2 amide bonds. The number of ether oxygens (including phenoxy) is 1. The van der Waals surface area contributed by atoms with Crippen molar-refractivity contribution in [2.24, 2.45) is 0 Å². The number of hydrogen-bond acceptors (Lipinski definition) is 4. The van der Waals surface area contributed by atoms with E-state index in [1.54, 1.807) is 23.2 Å². The number of hydrogen-bond donors (Lipinski definition) is 1. The summed E-state index contributed by atoms with van der Waals surface area (Å²) in [7, 11) is 0. The van der Waals surface area contributed by atoms with Crippen molar-refractivity contribution in [3.05, 3.63) is 102 Å². The van der Waals surface area contributed by atoms with Crippen molar-refractivity contribution >= 4 is 11.8 Å². The lowest BCUT2D eigenvalue weighted by Gasteiger charge is -2.41. The molecule has 0 bridgehead atoms. The first-order valence-corrected chi connectivity index (χ1v) is 10.4. The fraction of sp³-hybridized carbons (Fsp3) is 0.240. The molecule has 0 unspecified atom stereocenters. The van der Waals surface area contributed by atoms with Gasteiger partial charge in [0.05, 0.1) is 13.2 Å². The number of aromatic nitrogens is 1. The van der Waals surface area contributed by atoms with Gasteiger partial charge in [0.25, 0.3) is 11.8 Å². The number of rotatable bonds is 6. The number of morpholine rings is 1. The summed E-state index contributed by atoms with van der Waals surface area (Å²) < 4.78 is 6.09. The Kier molecular flexibility index (Phi) is 6.38. The normalized spacial score (nSPS) is 18.4. The molecule has 2 heterocycles. The quantitative estimate of drug-likeness (QED) is 0.672. The molecule has 1 atom stereocenters. The zero-order valence-electron chi connectivity index (χ0n) is 17.2. The lowest BCUT2D eigenvalue weighted by molar-refractivity contribution is -0.157. The van der Waals surface area contributed by atoms with E-state index < -0.39 is 5.60 Å². The number of nitrogens with zero attached hydrogens (tertiary/aromatic N) is 2. The average molecular weight is 415 g/mol. The lowest BCUT2D eigenvalue weighted by Crippen LogP contribution is -2.62. The van der Waals surface area contributed by atoms with Gasteiger partial charge in [0.1, 0.15) is 0 Å². The van der Waals surface area contributed by atoms with Gasteiger partial charge in [-0.25, -0.2) is 0 Å². The maximum Gasteiger partial charge on any atom is 0.254 e. The molecule has 0 saturated carbocycles. The molecule has 6 nitrogen and oxygen atoms in total. The molecule has 158 valence electrons. The maximum absolute atomic E-state index is 13.4. The Labute approximate surface area is 181 Å². The van der Waals surface area contributed by atoms with Crippen molar-refractivity contribution in [2.45, 2.75) is 18.6 Å². The second-order valence-electron chi connectivity index (χ2n) is 7.60. The van der Waals surface area contributed by atoms with Crippen molar-refractivity contribution in [3.8, 4) is 0 Å². The highest BCUT2D eigenvalue weighted by atomic mass is 16.5. The Morgan fingerprint density at radius 3 is 2.39 bits per heavy atom. The van der Waals surface area contributed by atoms with Crippen LogP contribution in [0.1, 0.15) is 21.6 Å². The van der Waals surface area contributed by atoms with Crippen LogP contribution in [0.3, 0.4) is 0 Å². The van der Waals surface area contributed by atoms with Gasteiger partial charge < -0.3 is 15.0 Å². The zero-order valence-corrected chi connectivity index (χ0v) is 17.2. The van der Waals surface area contributed by atoms with Gasteiger partial charge in [-0.05, 0) is 29.8 Å². The second kappa shape index (κ2) is 9.53. The minimum absolute atomic E-state index is 0.106. The molecule has 6 heteroatoms. The Morgan fingerprint density at radius 1 is 0.968 bits per heavy atom. The smallest absolute Gasteiger partial charge is 0.254 e. The largest absolute Gasteiger partial charge is 0.361 e. The molecule has 1 aliphatic rings. The Balaban J connectivity index is 1.57. The summed E-state index contributed by atoms with van der Waals surface area (Å²) in [6.45, 7) is 1.27. The standard InChI is InChI=1S/C25H25N3O3/c29-23(21-11-5-2-6-12-21)28-15-16-31-25(19-28,17-22-13-7-8-14-26-22)24(30)27-18-20-9-3-1-4-10-20/h1-14H,15-19H2,(H,27,30)/t25-/m1/s1. The van der Waals surface area contributed by atoms with Gasteiger partial charge in [-0.15, -0.1) is 0 Å². The lowest BCUT2D eigenvalue weighted by atomic mass is 9.93. The van der Waals surface area contributed by atoms with Gasteiger partial charge in [0.2, 0.25) is 0 Å². The minimum Gasteiger partial charge on any atom is -0.361 e. The Bertz CT molecular complexity index is 1010. The Morgan fingerprint density at radius 2 is 1.68 bits per heavy atom. The van der Waals surface area contributed by atoms with Crippen LogP contribution in [0.2, 0.25) is 0 Å². The van der Waals surface area contributed by atoms with Crippen LogP contribution in [0.4, 0.5) is 0 Å². The van der Waals surface area contributed by atoms with Crippen molar-refractivity contribution in [1.29, 1.82) is 0 Å². The van der Waals surface area contributed by atoms with E-state index in [-0.39, 0.29) is 31.4 Å². The van der Waals surface area contributed by atoms with E-state index in [4.69, 9.17) is 4.74 Å². The van der Waals surface area contributed by atoms with Crippen molar-refractivity contribution in [1.82, 2.24) is 15.2 Å². The van der Waals surface area contributed by atoms with E-state index >= 15 is 0 Å². The molecular weight excluding hydrogens is 390 g/mol. The van der Waals surface area contributed by atoms with Crippen LogP contribution in [0.15, 0.2) is 85.1 Å². The van der Waals surface area contributed by atoms with E-state index in [2.05, 4.69) is 10.3 Å². The predicted octanol–water partition coefficient (Wildman–Crippen LogP) is 2.85. The zero-order chi connectivity index (χ0) is 21.5. The number of nitrogens with one attached hydrogen (secondary N) is 1. The number of carbonyl (C=O) groups is 2. The van der Waals surface area contributed by atoms with Crippen LogP contribution in [0.5, 0.6) is 0 Å². The minimum atomic E-state index is -1.20. The van der Waals surface area contributed by atoms with Crippen LogP contribution in [0.25, 0.3) is 0 Å². The highest BCUT2D eigenvalue weighted by Gasteiger charge is 2.45. The van der Waals surface area contributed by atoms with Gasteiger partial charge in [0, 0.05) is 37.0 Å². The molecule has 1 aliphatic heterocycles. The summed E-state index contributed by atoms with van der Waals surface area (Å²) in [4.78, 5) is 32.5. The molecule has 1 fully saturated rings. The number of benzene rings is 2. The van der Waals surface area contributed by atoms with E-state index in [0.29, 0.717) is 18.7 Å². The molecule has 0 aliphatic carbocycles. The first-order valence-electron chi connectivity index (χ1n) is 10.4. The summed E-state index contributed by atoms with van der Waals surface area (Å²) >= 11 is 0. The third-order valence-corrected chi connectivity index (χ3v) is 5.40. The van der Waals surface area contributed by atoms with Crippen LogP contribution < -0.4 is 5.32 Å². The first-order chi connectivity index (χ1) is 15.2. The highest BCUT2D eigenvalue weighted by molar-refractivity contribution is 5.95. The first kappa shape index (κ1) is 20.8. The fourth-order valence-corrected chi connectivity index (χ4v) is 3.78. The van der Waals surface area contributed by atoms with Gasteiger partial charge >= 0.3 is 0 Å². The van der Waals surface area contributed by atoms with Crippen LogP contribution >= 0.6 is 0 Å². The number of pyridine rings is 1. The predicted molar refractivity (Wildman–Crippen MR) is 117 cm³/mol. The topological polar surface area (TPSA) is 71.5 Å². The maximum atomic E-state index is 13.4. The number of amides is 2. The van der Waals surface area contributed by atoms with Gasteiger partial charge in [0.15, 0.2) is 5.60 Å². The van der Waals surface area contributed by atoms with Gasteiger partial charge in [-0.3, -0.25) is 14.6 Å². The summed E-state index contributed by atoms with van der Waals surface area (Å²) in [5, 5.41) is 3.00. The summed E-state index contributed by atoms with van der Waals surface area (Å²) in [5.41, 5.74) is 1.13. The summed E-state index contributed by atoms with van der Waals surface area (Å²) in [5.74, 6) is -0.349. The molecule has 0 spiro atoms. The van der Waals surface area contributed by atoms with Crippen molar-refractivity contribution in [3.63, 3.8) is 0 Å². The molecule has 2 aromatic carbocycles. The van der Waals surface area contributed by atoms with Gasteiger partial charge in [-0.2, -0.15) is 0 Å². The highest BCUT2D eigenvalue weighted by Crippen LogP contribution is 2.25. The molecule has 1 aromatic heterocycles. The molecule has 4 rings (SSSR count). The van der Waals surface area contributed by atoms with E-state index in [0.717, 1.165) is 11.3 Å². The van der Waals surface area contributed by atoms with E-state index in [9.17, 15) is 9.59 Å². The van der Waals surface area contributed by atoms with Gasteiger partial charge in [-0.1, -0.05) is 54.6 Å². The van der Waals surface area contributed by atoms with E-state index in [1.165, 1.54) is 0 Å². The van der Waals surface area contributed by atoms with E-state index in [1.807, 2.05) is 66.7 Å².